The second-order valence-corrected chi connectivity index (χ2v) is 22.6. The van der Waals surface area contributed by atoms with Crippen molar-refractivity contribution in [3.63, 3.8) is 0 Å². The zero-order valence-electron chi connectivity index (χ0n) is 49.1. The maximum Gasteiger partial charge on any atom is 0.127 e. The van der Waals surface area contributed by atoms with Crippen LogP contribution in [0.3, 0.4) is 0 Å². The number of ether oxygens (including phenoxy) is 1. The van der Waals surface area contributed by atoms with E-state index in [0.29, 0.717) is 5.75 Å². The molecular weight excluding hydrogens is 861 g/mol. The Morgan fingerprint density at radius 2 is 0.915 bits per heavy atom. The third-order valence-electron chi connectivity index (χ3n) is 13.8. The Morgan fingerprint density at radius 1 is 0.521 bits per heavy atom. The van der Waals surface area contributed by atoms with E-state index >= 15 is 0 Å². The Labute approximate surface area is 439 Å². The normalized spacial score (nSPS) is 17.4. The van der Waals surface area contributed by atoms with Gasteiger partial charge >= 0.3 is 0 Å². The molecule has 71 heavy (non-hydrogen) atoms. The number of benzene rings is 1. The van der Waals surface area contributed by atoms with E-state index in [0.717, 1.165) is 85.1 Å². The van der Waals surface area contributed by atoms with Crippen molar-refractivity contribution in [2.45, 2.75) is 227 Å². The average Bonchev–Trinajstić information content (AvgIpc) is 3.28. The van der Waals surface area contributed by atoms with Gasteiger partial charge in [-0.3, -0.25) is 0 Å². The number of aromatic hydroxyl groups is 1. The van der Waals surface area contributed by atoms with E-state index in [1.807, 2.05) is 13.8 Å². The van der Waals surface area contributed by atoms with Gasteiger partial charge in [0.25, 0.3) is 0 Å². The summed E-state index contributed by atoms with van der Waals surface area (Å²) in [5.74, 6) is 4.04. The van der Waals surface area contributed by atoms with Crippen LogP contribution in [0.15, 0.2) is 154 Å². The van der Waals surface area contributed by atoms with Gasteiger partial charge in [0, 0.05) is 5.56 Å². The first-order chi connectivity index (χ1) is 33.5. The zero-order chi connectivity index (χ0) is 53.4. The molecule has 1 aliphatic heterocycles. The standard InChI is InChI=1S/C40H56.C29H50O2/c1-33(2)19-13-23-37(7)27-17-31-39(9)29-15-25-35(5)21-11-12-22-36(6)26-16-30-40(10)32-18-28-38(8)24-14-20-34(3)4;1-20(2)12-9-13-21(3)14-10-15-22(4)16-11-18-29(8)19-17-26-25(7)27(30)23(5)24(6)28(26)31-29/h11-12,15-22,25-32H,13-14,23-24H2,1-10H3;20-22,30H,9-19H2,1-8H3/b12-11+,25-15+,26-16+,31-17+,32-18+,35-21+,36-22+,37-27+,38-28+,39-29+,40-30+;/t;21-,22-,29-/m.1/s1. The summed E-state index contributed by atoms with van der Waals surface area (Å²) in [6.07, 6.45) is 57.4. The summed E-state index contributed by atoms with van der Waals surface area (Å²) in [7, 11) is 0. The number of rotatable bonds is 28. The summed E-state index contributed by atoms with van der Waals surface area (Å²) in [5.41, 5.74) is 14.7. The molecule has 0 radical (unpaired) electrons. The Hall–Kier alpha value is -4.56. The van der Waals surface area contributed by atoms with Crippen LogP contribution in [-0.2, 0) is 6.42 Å². The molecule has 0 unspecified atom stereocenters. The summed E-state index contributed by atoms with van der Waals surface area (Å²) >= 11 is 0. The molecule has 0 bridgehead atoms. The van der Waals surface area contributed by atoms with Gasteiger partial charge in [-0.05, 0) is 183 Å². The van der Waals surface area contributed by atoms with Crippen LogP contribution >= 0.6 is 0 Å². The van der Waals surface area contributed by atoms with Crippen molar-refractivity contribution in [3.05, 3.63) is 176 Å². The van der Waals surface area contributed by atoms with Gasteiger partial charge in [0.15, 0.2) is 0 Å². The minimum atomic E-state index is -0.0712. The molecule has 0 saturated carbocycles. The third kappa shape index (κ3) is 30.8. The lowest BCUT2D eigenvalue weighted by molar-refractivity contribution is 0.0511. The molecule has 1 heterocycles. The molecule has 1 N–H and O–H groups in total. The maximum atomic E-state index is 10.4. The Balaban J connectivity index is 0.000000731. The number of hydrogen-bond donors (Lipinski definition) is 1. The molecule has 2 heteroatoms. The SMILES string of the molecule is CC(C)=CCC/C(C)=C/C=C/C(C)=C/C=C/C(C)=C/C=C/C=C(C)/C=C/C=C(C)/C=C/C=C(\C)CCC=C(C)C.Cc1c(C)c2c(c(C)c1O)CC[C@@](C)(CCC[C@H](C)CCC[C@H](C)CCCC(C)C)O2. The number of allylic oxidation sites excluding steroid dienone is 26. The van der Waals surface area contributed by atoms with Crippen molar-refractivity contribution >= 4 is 0 Å². The largest absolute Gasteiger partial charge is 0.507 e. The topological polar surface area (TPSA) is 29.5 Å². The van der Waals surface area contributed by atoms with Gasteiger partial charge in [0.05, 0.1) is 0 Å². The molecule has 0 aliphatic carbocycles. The highest BCUT2D eigenvalue weighted by Gasteiger charge is 2.34. The van der Waals surface area contributed by atoms with E-state index in [-0.39, 0.29) is 5.60 Å². The lowest BCUT2D eigenvalue weighted by Crippen LogP contribution is -2.37. The first-order valence-corrected chi connectivity index (χ1v) is 27.7. The van der Waals surface area contributed by atoms with Crippen molar-refractivity contribution in [2.24, 2.45) is 17.8 Å². The molecule has 1 aliphatic rings. The first kappa shape index (κ1) is 64.5. The van der Waals surface area contributed by atoms with E-state index in [1.165, 1.54) is 102 Å². The number of phenols is 1. The van der Waals surface area contributed by atoms with Crippen molar-refractivity contribution in [1.82, 2.24) is 0 Å². The van der Waals surface area contributed by atoms with Crippen LogP contribution in [0, 0.1) is 38.5 Å². The number of hydrogen-bond acceptors (Lipinski definition) is 2. The van der Waals surface area contributed by atoms with Crippen LogP contribution in [0.25, 0.3) is 0 Å². The lowest BCUT2D eigenvalue weighted by Gasteiger charge is -2.38. The fourth-order valence-electron chi connectivity index (χ4n) is 8.69. The van der Waals surface area contributed by atoms with E-state index in [9.17, 15) is 5.11 Å². The van der Waals surface area contributed by atoms with Crippen LogP contribution in [0.4, 0.5) is 0 Å². The predicted molar refractivity (Wildman–Crippen MR) is 320 cm³/mol. The molecule has 394 valence electrons. The average molecular weight is 968 g/mol. The van der Waals surface area contributed by atoms with Crippen molar-refractivity contribution < 1.29 is 9.84 Å². The van der Waals surface area contributed by atoms with Gasteiger partial charge in [-0.1, -0.05) is 227 Å². The molecule has 0 aromatic heterocycles. The van der Waals surface area contributed by atoms with Crippen molar-refractivity contribution in [2.75, 3.05) is 0 Å². The van der Waals surface area contributed by atoms with E-state index in [1.54, 1.807) is 0 Å². The lowest BCUT2D eigenvalue weighted by atomic mass is 9.84. The van der Waals surface area contributed by atoms with Gasteiger partial charge in [-0.25, -0.2) is 0 Å². The summed E-state index contributed by atoms with van der Waals surface area (Å²) < 4.78 is 6.60. The summed E-state index contributed by atoms with van der Waals surface area (Å²) in [5, 5.41) is 10.4. The predicted octanol–water partition coefficient (Wildman–Crippen LogP) is 21.8. The second kappa shape index (κ2) is 36.4. The monoisotopic (exact) mass is 967 g/mol. The van der Waals surface area contributed by atoms with Gasteiger partial charge in [-0.15, -0.1) is 0 Å². The Bertz CT molecular complexity index is 2050. The molecule has 0 amide bonds. The highest BCUT2D eigenvalue weighted by atomic mass is 16.5. The highest BCUT2D eigenvalue weighted by Crippen LogP contribution is 2.44. The highest BCUT2D eigenvalue weighted by molar-refractivity contribution is 5.58. The maximum absolute atomic E-state index is 10.4. The Kier molecular flexibility index (Phi) is 33.0. The summed E-state index contributed by atoms with van der Waals surface area (Å²) in [6.45, 7) is 39.4. The summed E-state index contributed by atoms with van der Waals surface area (Å²) in [6, 6.07) is 0. The van der Waals surface area contributed by atoms with Crippen molar-refractivity contribution in [1.29, 1.82) is 0 Å². The van der Waals surface area contributed by atoms with Gasteiger partial charge in [0.1, 0.15) is 17.1 Å². The molecular formula is C69H106O2. The van der Waals surface area contributed by atoms with Crippen LogP contribution in [0.1, 0.15) is 216 Å². The smallest absolute Gasteiger partial charge is 0.127 e. The zero-order valence-corrected chi connectivity index (χ0v) is 49.1. The molecule has 1 aromatic carbocycles. The molecule has 0 saturated heterocycles. The number of fused-ring (bicyclic) bond motifs is 1. The van der Waals surface area contributed by atoms with Gasteiger partial charge in [0.2, 0.25) is 0 Å². The fourth-order valence-corrected chi connectivity index (χ4v) is 8.69. The third-order valence-corrected chi connectivity index (χ3v) is 13.8. The van der Waals surface area contributed by atoms with Crippen LogP contribution in [0.2, 0.25) is 0 Å². The second-order valence-electron chi connectivity index (χ2n) is 22.6. The van der Waals surface area contributed by atoms with Crippen LogP contribution in [-0.4, -0.2) is 10.7 Å². The minimum absolute atomic E-state index is 0.0712. The van der Waals surface area contributed by atoms with Crippen LogP contribution < -0.4 is 4.74 Å². The Morgan fingerprint density at radius 3 is 1.34 bits per heavy atom. The molecule has 2 rings (SSSR count). The number of phenolic OH excluding ortho intramolecular Hbond substituents is 1. The van der Waals surface area contributed by atoms with E-state index in [2.05, 4.69) is 220 Å². The molecule has 2 nitrogen and oxygen atoms in total. The first-order valence-electron chi connectivity index (χ1n) is 27.7. The summed E-state index contributed by atoms with van der Waals surface area (Å²) in [4.78, 5) is 0. The van der Waals surface area contributed by atoms with Gasteiger partial charge < -0.3 is 9.84 Å². The van der Waals surface area contributed by atoms with E-state index < -0.39 is 0 Å². The molecule has 0 fully saturated rings. The van der Waals surface area contributed by atoms with Crippen LogP contribution in [0.5, 0.6) is 11.5 Å². The molecule has 0 spiro atoms. The van der Waals surface area contributed by atoms with Crippen molar-refractivity contribution in [3.8, 4) is 11.5 Å². The molecule has 3 atom stereocenters. The van der Waals surface area contributed by atoms with Gasteiger partial charge in [-0.2, -0.15) is 0 Å². The molecule has 1 aromatic rings. The quantitative estimate of drug-likeness (QED) is 0.0670. The van der Waals surface area contributed by atoms with E-state index in [4.69, 9.17) is 4.74 Å². The minimum Gasteiger partial charge on any atom is -0.507 e. The fraction of sp³-hybridized carbons (Fsp3) is 0.536.